The predicted molar refractivity (Wildman–Crippen MR) is 117 cm³/mol. The summed E-state index contributed by atoms with van der Waals surface area (Å²) >= 11 is 0. The molecule has 4 rings (SSSR count). The van der Waals surface area contributed by atoms with Gasteiger partial charge in [0.05, 0.1) is 29.6 Å². The lowest BCUT2D eigenvalue weighted by atomic mass is 10.1. The van der Waals surface area contributed by atoms with Gasteiger partial charge in [-0.3, -0.25) is 4.79 Å². The van der Waals surface area contributed by atoms with E-state index in [9.17, 15) is 13.2 Å². The lowest BCUT2D eigenvalue weighted by molar-refractivity contribution is -0.110. The third-order valence-corrected chi connectivity index (χ3v) is 6.96. The topological polar surface area (TPSA) is 146 Å². The van der Waals surface area contributed by atoms with Crippen molar-refractivity contribution < 1.29 is 22.8 Å². The number of nitrogens with zero attached hydrogens (tertiary/aromatic N) is 5. The Hall–Kier alpha value is -3.93. The van der Waals surface area contributed by atoms with Gasteiger partial charge >= 0.3 is 0 Å². The number of nitrogens with one attached hydrogen (secondary N) is 1. The quantitative estimate of drug-likeness (QED) is 0.367. The lowest BCUT2D eigenvalue weighted by Gasteiger charge is -2.09. The van der Waals surface area contributed by atoms with E-state index in [1.54, 1.807) is 18.5 Å². The molecule has 170 valence electrons. The molecule has 2 aromatic heterocycles. The van der Waals surface area contributed by atoms with E-state index in [2.05, 4.69) is 30.4 Å². The number of carbonyl (C=O) groups is 1. The number of amides is 1. The molecule has 0 spiro atoms. The second-order valence-corrected chi connectivity index (χ2v) is 9.27. The smallest absolute Gasteiger partial charge is 0.279 e. The number of benzene rings is 1. The largest absolute Gasteiger partial charge is 0.480 e. The van der Waals surface area contributed by atoms with Gasteiger partial charge in [0.1, 0.15) is 0 Å². The van der Waals surface area contributed by atoms with Crippen LogP contribution in [0.2, 0.25) is 0 Å². The van der Waals surface area contributed by atoms with Crippen LogP contribution in [0.25, 0.3) is 0 Å². The normalized spacial score (nSPS) is 13.9. The molecule has 0 saturated heterocycles. The van der Waals surface area contributed by atoms with Gasteiger partial charge in [-0.15, -0.1) is 0 Å². The Morgan fingerprint density at radius 3 is 2.42 bits per heavy atom. The number of oxime groups is 1. The minimum atomic E-state index is -3.35. The van der Waals surface area contributed by atoms with Crippen LogP contribution in [0.4, 0.5) is 5.82 Å². The van der Waals surface area contributed by atoms with Gasteiger partial charge in [-0.25, -0.2) is 28.4 Å². The SMILES string of the molecule is COc1cnc(NC(=O)/C(=N/OCc2ncccn2)c2ccc(S(=O)(=O)C3CC3)cc2)cn1. The van der Waals surface area contributed by atoms with Crippen molar-refractivity contribution in [1.82, 2.24) is 19.9 Å². The predicted octanol–water partition coefficient (Wildman–Crippen LogP) is 1.77. The fourth-order valence-electron chi connectivity index (χ4n) is 2.82. The minimum absolute atomic E-state index is 0.0614. The molecule has 1 aliphatic carbocycles. The Labute approximate surface area is 189 Å². The minimum Gasteiger partial charge on any atom is -0.480 e. The molecule has 12 heteroatoms. The summed E-state index contributed by atoms with van der Waals surface area (Å²) in [5, 5.41) is 6.21. The molecule has 2 heterocycles. The number of ether oxygens (including phenoxy) is 1. The van der Waals surface area contributed by atoms with Crippen LogP contribution in [0, 0.1) is 0 Å². The number of methoxy groups -OCH3 is 1. The van der Waals surface area contributed by atoms with Crippen LogP contribution in [0.5, 0.6) is 5.88 Å². The highest BCUT2D eigenvalue weighted by Crippen LogP contribution is 2.33. The fraction of sp³-hybridized carbons (Fsp3) is 0.238. The molecule has 0 atom stereocenters. The third kappa shape index (κ3) is 5.47. The average Bonchev–Trinajstić information content (AvgIpc) is 3.69. The molecular weight excluding hydrogens is 448 g/mol. The standard InChI is InChI=1S/C21H20N6O5S/c1-31-19-12-24-17(11-25-19)26-21(28)20(27-32-13-18-22-9-2-10-23-18)14-3-5-15(6-4-14)33(29,30)16-7-8-16/h2-6,9-12,16H,7-8,13H2,1H3,(H,24,26,28)/b27-20+. The van der Waals surface area contributed by atoms with E-state index >= 15 is 0 Å². The van der Waals surface area contributed by atoms with E-state index in [0.29, 0.717) is 30.1 Å². The maximum atomic E-state index is 12.9. The van der Waals surface area contributed by atoms with E-state index in [1.807, 2.05) is 0 Å². The first-order chi connectivity index (χ1) is 16.0. The van der Waals surface area contributed by atoms with Gasteiger partial charge in [-0.2, -0.15) is 0 Å². The molecule has 0 radical (unpaired) electrons. The molecule has 1 aliphatic rings. The fourth-order valence-corrected chi connectivity index (χ4v) is 4.48. The maximum absolute atomic E-state index is 12.9. The van der Waals surface area contributed by atoms with Crippen LogP contribution in [0.1, 0.15) is 24.2 Å². The van der Waals surface area contributed by atoms with Gasteiger partial charge in [0.15, 0.2) is 33.8 Å². The molecule has 0 bridgehead atoms. The summed E-state index contributed by atoms with van der Waals surface area (Å²) in [5.74, 6) is 0.225. The molecule has 1 aromatic carbocycles. The zero-order chi connectivity index (χ0) is 23.3. The molecule has 0 unspecified atom stereocenters. The first kappa shape index (κ1) is 22.3. The first-order valence-electron chi connectivity index (χ1n) is 9.95. The van der Waals surface area contributed by atoms with Crippen molar-refractivity contribution in [2.75, 3.05) is 12.4 Å². The van der Waals surface area contributed by atoms with Gasteiger partial charge in [0.25, 0.3) is 5.91 Å². The number of rotatable bonds is 9. The van der Waals surface area contributed by atoms with Crippen LogP contribution in [-0.2, 0) is 26.1 Å². The van der Waals surface area contributed by atoms with Crippen LogP contribution in [-0.4, -0.2) is 52.3 Å². The van der Waals surface area contributed by atoms with Crippen molar-refractivity contribution in [3.05, 3.63) is 66.5 Å². The second-order valence-electron chi connectivity index (χ2n) is 7.05. The average molecular weight is 468 g/mol. The van der Waals surface area contributed by atoms with Crippen LogP contribution in [0.3, 0.4) is 0 Å². The molecule has 33 heavy (non-hydrogen) atoms. The van der Waals surface area contributed by atoms with Crippen LogP contribution < -0.4 is 10.1 Å². The number of carbonyl (C=O) groups excluding carboxylic acids is 1. The molecular formula is C21H20N6O5S. The van der Waals surface area contributed by atoms with Crippen molar-refractivity contribution >= 4 is 27.3 Å². The zero-order valence-corrected chi connectivity index (χ0v) is 18.4. The highest BCUT2D eigenvalue weighted by atomic mass is 32.2. The third-order valence-electron chi connectivity index (χ3n) is 4.68. The summed E-state index contributed by atoms with van der Waals surface area (Å²) in [5.41, 5.74) is 0.275. The number of aromatic nitrogens is 4. The highest BCUT2D eigenvalue weighted by Gasteiger charge is 2.36. The number of hydrogen-bond donors (Lipinski definition) is 1. The summed E-state index contributed by atoms with van der Waals surface area (Å²) in [6, 6.07) is 7.60. The van der Waals surface area contributed by atoms with Crippen molar-refractivity contribution in [2.24, 2.45) is 5.16 Å². The van der Waals surface area contributed by atoms with Crippen molar-refractivity contribution in [3.63, 3.8) is 0 Å². The Balaban J connectivity index is 1.57. The number of hydrogen-bond acceptors (Lipinski definition) is 10. The van der Waals surface area contributed by atoms with E-state index in [0.717, 1.165) is 0 Å². The van der Waals surface area contributed by atoms with Crippen LogP contribution >= 0.6 is 0 Å². The molecule has 1 amide bonds. The molecule has 0 aliphatic heterocycles. The van der Waals surface area contributed by atoms with E-state index < -0.39 is 15.7 Å². The Morgan fingerprint density at radius 2 is 1.82 bits per heavy atom. The summed E-state index contributed by atoms with van der Waals surface area (Å²) < 4.78 is 29.9. The molecule has 11 nitrogen and oxygen atoms in total. The van der Waals surface area contributed by atoms with Gasteiger partial charge in [0, 0.05) is 18.0 Å². The van der Waals surface area contributed by atoms with E-state index in [-0.39, 0.29) is 28.3 Å². The molecule has 3 aromatic rings. The van der Waals surface area contributed by atoms with Gasteiger partial charge in [0.2, 0.25) is 5.88 Å². The first-order valence-corrected chi connectivity index (χ1v) is 11.5. The van der Waals surface area contributed by atoms with Crippen LogP contribution in [0.15, 0.2) is 65.2 Å². The Bertz CT molecular complexity index is 1240. The van der Waals surface area contributed by atoms with Gasteiger partial charge in [-0.1, -0.05) is 17.3 Å². The number of sulfone groups is 1. The molecule has 1 N–H and O–H groups in total. The van der Waals surface area contributed by atoms with Crippen molar-refractivity contribution in [1.29, 1.82) is 0 Å². The molecule has 1 saturated carbocycles. The van der Waals surface area contributed by atoms with E-state index in [1.165, 1.54) is 43.8 Å². The molecule has 1 fully saturated rings. The Morgan fingerprint density at radius 1 is 1.09 bits per heavy atom. The zero-order valence-electron chi connectivity index (χ0n) is 17.6. The summed E-state index contributed by atoms with van der Waals surface area (Å²) in [6.45, 7) is -0.0614. The monoisotopic (exact) mass is 468 g/mol. The maximum Gasteiger partial charge on any atom is 0.279 e. The van der Waals surface area contributed by atoms with Gasteiger partial charge in [-0.05, 0) is 31.0 Å². The summed E-state index contributed by atoms with van der Waals surface area (Å²) in [6.07, 6.45) is 7.13. The summed E-state index contributed by atoms with van der Waals surface area (Å²) in [7, 11) is -1.90. The van der Waals surface area contributed by atoms with Crippen molar-refractivity contribution in [2.45, 2.75) is 29.6 Å². The number of anilines is 1. The van der Waals surface area contributed by atoms with E-state index in [4.69, 9.17) is 9.57 Å². The Kier molecular flexibility index (Phi) is 6.54. The highest BCUT2D eigenvalue weighted by molar-refractivity contribution is 7.92. The van der Waals surface area contributed by atoms with Gasteiger partial charge < -0.3 is 14.9 Å². The summed E-state index contributed by atoms with van der Waals surface area (Å²) in [4.78, 5) is 34.6. The second kappa shape index (κ2) is 9.69. The van der Waals surface area contributed by atoms with Crippen molar-refractivity contribution in [3.8, 4) is 5.88 Å². The lowest BCUT2D eigenvalue weighted by Crippen LogP contribution is -2.25.